The van der Waals surface area contributed by atoms with E-state index in [-0.39, 0.29) is 11.6 Å². The highest BCUT2D eigenvalue weighted by Gasteiger charge is 2.49. The largest absolute Gasteiger partial charge is 0.313 e. The molecule has 0 fully saturated rings. The second kappa shape index (κ2) is 4.08. The van der Waals surface area contributed by atoms with Gasteiger partial charge in [-0.15, -0.1) is 0 Å². The van der Waals surface area contributed by atoms with Gasteiger partial charge in [-0.05, 0) is 54.2 Å². The zero-order chi connectivity index (χ0) is 13.9. The molecule has 2 aromatic rings. The van der Waals surface area contributed by atoms with Crippen molar-refractivity contribution in [2.45, 2.75) is 31.3 Å². The molecular weight excluding hydrogens is 270 g/mol. The van der Waals surface area contributed by atoms with Crippen LogP contribution < -0.4 is 0 Å². The third-order valence-electron chi connectivity index (χ3n) is 4.82. The molecule has 2 aliphatic heterocycles. The van der Waals surface area contributed by atoms with Gasteiger partial charge in [0.25, 0.3) is 0 Å². The highest BCUT2D eigenvalue weighted by Crippen LogP contribution is 2.50. The summed E-state index contributed by atoms with van der Waals surface area (Å²) in [5.74, 6) is 0. The van der Waals surface area contributed by atoms with Crippen molar-refractivity contribution < 1.29 is 5.21 Å². The number of fused-ring (bicyclic) bond motifs is 6. The average Bonchev–Trinajstić information content (AvgIpc) is 2.55. The van der Waals surface area contributed by atoms with Crippen LogP contribution >= 0.6 is 11.6 Å². The van der Waals surface area contributed by atoms with Gasteiger partial charge in [-0.1, -0.05) is 41.9 Å². The smallest absolute Gasteiger partial charge is 0.0731 e. The summed E-state index contributed by atoms with van der Waals surface area (Å²) in [6, 6.07) is 14.5. The Morgan fingerprint density at radius 3 is 2.75 bits per heavy atom. The van der Waals surface area contributed by atoms with Crippen LogP contribution in [0.4, 0.5) is 0 Å². The Bertz CT molecular complexity index is 699. The lowest BCUT2D eigenvalue weighted by Gasteiger charge is -2.32. The Morgan fingerprint density at radius 2 is 1.95 bits per heavy atom. The summed E-state index contributed by atoms with van der Waals surface area (Å²) in [6.07, 6.45) is 1.65. The molecule has 2 aliphatic rings. The first-order valence-electron chi connectivity index (χ1n) is 6.94. The molecule has 0 aliphatic carbocycles. The number of halogens is 1. The maximum atomic E-state index is 10.7. The lowest BCUT2D eigenvalue weighted by atomic mass is 9.82. The van der Waals surface area contributed by atoms with E-state index in [1.807, 2.05) is 12.1 Å². The molecule has 0 aromatic heterocycles. The van der Waals surface area contributed by atoms with Gasteiger partial charge in [0.2, 0.25) is 0 Å². The van der Waals surface area contributed by atoms with Crippen LogP contribution in [0.3, 0.4) is 0 Å². The molecule has 2 bridgehead atoms. The first kappa shape index (κ1) is 12.4. The molecule has 0 radical (unpaired) electrons. The minimum Gasteiger partial charge on any atom is -0.313 e. The maximum Gasteiger partial charge on any atom is 0.0731 e. The van der Waals surface area contributed by atoms with E-state index in [1.54, 1.807) is 0 Å². The van der Waals surface area contributed by atoms with E-state index in [4.69, 9.17) is 11.6 Å². The Hall–Kier alpha value is -1.35. The van der Waals surface area contributed by atoms with Crippen molar-refractivity contribution >= 4 is 11.6 Å². The van der Waals surface area contributed by atoms with Crippen LogP contribution in [-0.2, 0) is 18.4 Å². The fourth-order valence-electron chi connectivity index (χ4n) is 3.78. The normalized spacial score (nSPS) is 27.9. The SMILES string of the molecule is CC12Cc3ccccc3CC(c3cc(Cl)ccc31)N2O. The van der Waals surface area contributed by atoms with Gasteiger partial charge in [0.1, 0.15) is 0 Å². The summed E-state index contributed by atoms with van der Waals surface area (Å²) in [5, 5.41) is 13.0. The molecule has 2 atom stereocenters. The van der Waals surface area contributed by atoms with Crippen LogP contribution in [0.1, 0.15) is 35.2 Å². The Balaban J connectivity index is 1.95. The summed E-state index contributed by atoms with van der Waals surface area (Å²) < 4.78 is 0. The molecule has 2 aromatic carbocycles. The number of hydroxylamine groups is 2. The molecule has 4 rings (SSSR count). The van der Waals surface area contributed by atoms with Gasteiger partial charge in [0, 0.05) is 5.02 Å². The quantitative estimate of drug-likeness (QED) is 0.788. The summed E-state index contributed by atoms with van der Waals surface area (Å²) in [7, 11) is 0. The fourth-order valence-corrected chi connectivity index (χ4v) is 3.96. The van der Waals surface area contributed by atoms with Gasteiger partial charge >= 0.3 is 0 Å². The predicted octanol–water partition coefficient (Wildman–Crippen LogP) is 4.10. The third-order valence-corrected chi connectivity index (χ3v) is 5.06. The van der Waals surface area contributed by atoms with E-state index in [1.165, 1.54) is 21.8 Å². The second-order valence-electron chi connectivity index (χ2n) is 6.02. The third kappa shape index (κ3) is 1.53. The zero-order valence-electron chi connectivity index (χ0n) is 11.3. The van der Waals surface area contributed by atoms with Crippen LogP contribution in [0.25, 0.3) is 0 Å². The molecule has 2 unspecified atom stereocenters. The Kier molecular flexibility index (Phi) is 2.53. The number of nitrogens with zero attached hydrogens (tertiary/aromatic N) is 1. The predicted molar refractivity (Wildman–Crippen MR) is 79.0 cm³/mol. The van der Waals surface area contributed by atoms with E-state index in [0.29, 0.717) is 0 Å². The minimum absolute atomic E-state index is 0.00245. The molecular formula is C17H16ClNO. The summed E-state index contributed by atoms with van der Waals surface area (Å²) in [5.41, 5.74) is 4.65. The zero-order valence-corrected chi connectivity index (χ0v) is 12.1. The maximum absolute atomic E-state index is 10.7. The molecule has 0 spiro atoms. The minimum atomic E-state index is -0.364. The number of rotatable bonds is 0. The fraction of sp³-hybridized carbons (Fsp3) is 0.294. The number of benzene rings is 2. The van der Waals surface area contributed by atoms with Gasteiger partial charge in [-0.25, -0.2) is 0 Å². The van der Waals surface area contributed by atoms with Crippen molar-refractivity contribution in [1.29, 1.82) is 0 Å². The van der Waals surface area contributed by atoms with Crippen molar-refractivity contribution in [3.05, 3.63) is 69.7 Å². The lowest BCUT2D eigenvalue weighted by molar-refractivity contribution is -0.188. The first-order valence-corrected chi connectivity index (χ1v) is 7.32. The van der Waals surface area contributed by atoms with Gasteiger partial charge in [-0.2, -0.15) is 5.06 Å². The Morgan fingerprint density at radius 1 is 1.20 bits per heavy atom. The van der Waals surface area contributed by atoms with Gasteiger partial charge in [0.05, 0.1) is 11.6 Å². The van der Waals surface area contributed by atoms with E-state index in [9.17, 15) is 5.21 Å². The molecule has 0 amide bonds. The molecule has 1 N–H and O–H groups in total. The number of hydrogen-bond acceptors (Lipinski definition) is 2. The van der Waals surface area contributed by atoms with E-state index >= 15 is 0 Å². The molecule has 2 heterocycles. The van der Waals surface area contributed by atoms with Crippen LogP contribution in [0.2, 0.25) is 5.02 Å². The lowest BCUT2D eigenvalue weighted by Crippen LogP contribution is -2.38. The second-order valence-corrected chi connectivity index (χ2v) is 6.45. The molecule has 20 heavy (non-hydrogen) atoms. The molecule has 2 nitrogen and oxygen atoms in total. The van der Waals surface area contributed by atoms with Crippen molar-refractivity contribution in [2.75, 3.05) is 0 Å². The Labute approximate surface area is 123 Å². The summed E-state index contributed by atoms with van der Waals surface area (Å²) in [6.45, 7) is 2.11. The van der Waals surface area contributed by atoms with Crippen LogP contribution in [0.5, 0.6) is 0 Å². The highest BCUT2D eigenvalue weighted by molar-refractivity contribution is 6.30. The molecule has 0 saturated heterocycles. The van der Waals surface area contributed by atoms with Crippen molar-refractivity contribution in [3.63, 3.8) is 0 Å². The van der Waals surface area contributed by atoms with Gasteiger partial charge in [-0.3, -0.25) is 0 Å². The highest BCUT2D eigenvalue weighted by atomic mass is 35.5. The monoisotopic (exact) mass is 285 g/mol. The van der Waals surface area contributed by atoms with Crippen LogP contribution in [0, 0.1) is 0 Å². The average molecular weight is 286 g/mol. The van der Waals surface area contributed by atoms with E-state index < -0.39 is 0 Å². The van der Waals surface area contributed by atoms with E-state index in [2.05, 4.69) is 37.3 Å². The standard InChI is InChI=1S/C17H16ClNO/c1-17-10-12-5-3-2-4-11(12)8-16(19(17)20)14-9-13(18)6-7-15(14)17/h2-7,9,16,20H,8,10H2,1H3. The molecule has 0 saturated carbocycles. The molecule has 102 valence electrons. The molecule has 3 heteroatoms. The van der Waals surface area contributed by atoms with Crippen LogP contribution in [0.15, 0.2) is 42.5 Å². The van der Waals surface area contributed by atoms with E-state index in [0.717, 1.165) is 23.4 Å². The number of hydrogen-bond donors (Lipinski definition) is 1. The first-order chi connectivity index (χ1) is 9.59. The summed E-state index contributed by atoms with van der Waals surface area (Å²) in [4.78, 5) is 0. The van der Waals surface area contributed by atoms with Crippen molar-refractivity contribution in [2.24, 2.45) is 0 Å². The van der Waals surface area contributed by atoms with Gasteiger partial charge in [0.15, 0.2) is 0 Å². The summed E-state index contributed by atoms with van der Waals surface area (Å²) >= 11 is 6.15. The van der Waals surface area contributed by atoms with Crippen molar-refractivity contribution in [1.82, 2.24) is 5.06 Å². The van der Waals surface area contributed by atoms with Crippen LogP contribution in [-0.4, -0.2) is 10.3 Å². The topological polar surface area (TPSA) is 23.5 Å². The van der Waals surface area contributed by atoms with Gasteiger partial charge < -0.3 is 5.21 Å². The van der Waals surface area contributed by atoms with Crippen molar-refractivity contribution in [3.8, 4) is 0 Å².